The number of nitrogens with one attached hydrogen (secondary N) is 1. The lowest BCUT2D eigenvalue weighted by atomic mass is 10.1. The number of aromatic nitrogens is 4. The maximum absolute atomic E-state index is 12.8. The zero-order valence-corrected chi connectivity index (χ0v) is 13.9. The minimum absolute atomic E-state index is 0.207. The van der Waals surface area contributed by atoms with Crippen molar-refractivity contribution in [3.05, 3.63) is 76.6 Å². The number of aromatic amines is 1. The first-order valence-corrected chi connectivity index (χ1v) is 8.24. The lowest BCUT2D eigenvalue weighted by molar-refractivity contribution is 0.608. The van der Waals surface area contributed by atoms with E-state index >= 15 is 0 Å². The summed E-state index contributed by atoms with van der Waals surface area (Å²) in [5.74, 6) is 0.386. The van der Waals surface area contributed by atoms with Crippen molar-refractivity contribution in [3.8, 4) is 22.7 Å². The van der Waals surface area contributed by atoms with E-state index < -0.39 is 0 Å². The van der Waals surface area contributed by atoms with Crippen molar-refractivity contribution in [1.29, 1.82) is 0 Å². The average Bonchev–Trinajstić information content (AvgIpc) is 3.28. The molecule has 2 aromatic carbocycles. The van der Waals surface area contributed by atoms with Gasteiger partial charge in [-0.05, 0) is 24.6 Å². The van der Waals surface area contributed by atoms with Gasteiger partial charge in [0, 0.05) is 11.6 Å². The lowest BCUT2D eigenvalue weighted by Crippen LogP contribution is -2.15. The molecule has 0 spiro atoms. The van der Waals surface area contributed by atoms with Gasteiger partial charge < -0.3 is 4.42 Å². The third-order valence-corrected chi connectivity index (χ3v) is 4.35. The topological polar surface area (TPSA) is 76.2 Å². The molecule has 1 N–H and O–H groups in total. The largest absolute Gasteiger partial charge is 0.417 e. The van der Waals surface area contributed by atoms with Crippen LogP contribution in [0.15, 0.2) is 69.9 Å². The van der Waals surface area contributed by atoms with E-state index in [-0.39, 0.29) is 16.8 Å². The van der Waals surface area contributed by atoms with Gasteiger partial charge in [0.1, 0.15) is 0 Å². The van der Waals surface area contributed by atoms with Crippen LogP contribution in [0.2, 0.25) is 0 Å². The summed E-state index contributed by atoms with van der Waals surface area (Å²) >= 11 is 0. The summed E-state index contributed by atoms with van der Waals surface area (Å²) in [7, 11) is 0. The third-order valence-electron chi connectivity index (χ3n) is 4.35. The van der Waals surface area contributed by atoms with Crippen molar-refractivity contribution in [2.24, 2.45) is 0 Å². The van der Waals surface area contributed by atoms with Crippen molar-refractivity contribution in [2.75, 3.05) is 0 Å². The van der Waals surface area contributed by atoms with Gasteiger partial charge in [0.2, 0.25) is 5.89 Å². The first kappa shape index (κ1) is 14.7. The first-order chi connectivity index (χ1) is 12.7. The zero-order chi connectivity index (χ0) is 17.7. The Bertz CT molecular complexity index is 1300. The molecule has 5 rings (SSSR count). The van der Waals surface area contributed by atoms with Crippen LogP contribution in [-0.4, -0.2) is 19.6 Å². The Morgan fingerprint density at radius 1 is 0.962 bits per heavy atom. The van der Waals surface area contributed by atoms with E-state index in [1.165, 1.54) is 10.1 Å². The molecule has 0 bridgehead atoms. The second-order valence-electron chi connectivity index (χ2n) is 6.19. The summed E-state index contributed by atoms with van der Waals surface area (Å²) in [6.45, 7) is 2.03. The van der Waals surface area contributed by atoms with Gasteiger partial charge in [-0.1, -0.05) is 48.0 Å². The van der Waals surface area contributed by atoms with Gasteiger partial charge in [0.05, 0.1) is 5.69 Å². The molecule has 0 radical (unpaired) electrons. The number of oxazole rings is 1. The van der Waals surface area contributed by atoms with Crippen LogP contribution in [0.1, 0.15) is 5.56 Å². The average molecular weight is 342 g/mol. The Hall–Kier alpha value is -3.67. The monoisotopic (exact) mass is 342 g/mol. The smallest absolute Gasteiger partial charge is 0.302 e. The van der Waals surface area contributed by atoms with E-state index in [0.717, 1.165) is 16.8 Å². The fraction of sp³-hybridized carbons (Fsp3) is 0.0500. The van der Waals surface area contributed by atoms with Crippen molar-refractivity contribution in [2.45, 2.75) is 6.92 Å². The highest BCUT2D eigenvalue weighted by Gasteiger charge is 2.16. The first-order valence-electron chi connectivity index (χ1n) is 8.24. The molecular formula is C20H14N4O2. The summed E-state index contributed by atoms with van der Waals surface area (Å²) in [6.07, 6.45) is 0. The van der Waals surface area contributed by atoms with E-state index in [1.807, 2.05) is 67.6 Å². The van der Waals surface area contributed by atoms with Gasteiger partial charge in [-0.2, -0.15) is 9.50 Å². The molecule has 0 fully saturated rings. The number of H-pyrrole nitrogens is 1. The summed E-state index contributed by atoms with van der Waals surface area (Å²) in [5, 5.41) is 3.10. The second-order valence-corrected chi connectivity index (χ2v) is 6.19. The van der Waals surface area contributed by atoms with Gasteiger partial charge >= 0.3 is 5.56 Å². The second kappa shape index (κ2) is 5.42. The summed E-state index contributed by atoms with van der Waals surface area (Å²) in [6, 6.07) is 19.3. The fourth-order valence-corrected chi connectivity index (χ4v) is 2.96. The minimum atomic E-state index is -0.283. The molecule has 3 aromatic heterocycles. The third kappa shape index (κ3) is 2.23. The Balaban J connectivity index is 1.69. The number of rotatable bonds is 2. The maximum atomic E-state index is 12.8. The van der Waals surface area contributed by atoms with Crippen LogP contribution in [0.25, 0.3) is 39.6 Å². The highest BCUT2D eigenvalue weighted by Crippen LogP contribution is 2.23. The van der Waals surface area contributed by atoms with Crippen LogP contribution in [0.3, 0.4) is 0 Å². The van der Waals surface area contributed by atoms with Crippen LogP contribution in [0.4, 0.5) is 0 Å². The molecule has 3 heterocycles. The fourth-order valence-electron chi connectivity index (χ4n) is 2.96. The van der Waals surface area contributed by atoms with Crippen LogP contribution >= 0.6 is 0 Å². The van der Waals surface area contributed by atoms with Gasteiger partial charge in [-0.15, -0.1) is 0 Å². The standard InChI is InChI=1S/C20H14N4O2/c1-12-7-9-13(10-8-12)15-11-16-21-19-17(20(25)24(16)23-15)22-18(26-19)14-5-3-2-4-6-14/h2-11,23H,1H3. The number of benzene rings is 2. The predicted octanol–water partition coefficient (Wildman–Crippen LogP) is 3.81. The number of hydrogen-bond donors (Lipinski definition) is 1. The van der Waals surface area contributed by atoms with E-state index in [1.54, 1.807) is 0 Å². The van der Waals surface area contributed by atoms with Crippen LogP contribution in [0.5, 0.6) is 0 Å². The Morgan fingerprint density at radius 3 is 2.50 bits per heavy atom. The predicted molar refractivity (Wildman–Crippen MR) is 99.0 cm³/mol. The quantitative estimate of drug-likeness (QED) is 0.529. The highest BCUT2D eigenvalue weighted by atomic mass is 16.4. The molecule has 0 saturated heterocycles. The Labute approximate surface area is 147 Å². The Kier molecular flexibility index (Phi) is 3.05. The molecule has 26 heavy (non-hydrogen) atoms. The molecule has 0 aliphatic carbocycles. The maximum Gasteiger partial charge on any atom is 0.302 e. The number of nitrogens with zero attached hydrogens (tertiary/aromatic N) is 3. The van der Waals surface area contributed by atoms with Crippen LogP contribution in [-0.2, 0) is 0 Å². The lowest BCUT2D eigenvalue weighted by Gasteiger charge is -1.97. The van der Waals surface area contributed by atoms with Gasteiger partial charge in [0.25, 0.3) is 5.71 Å². The number of aryl methyl sites for hydroxylation is 1. The number of hydrogen-bond acceptors (Lipinski definition) is 4. The van der Waals surface area contributed by atoms with Gasteiger partial charge in [0.15, 0.2) is 11.2 Å². The van der Waals surface area contributed by atoms with E-state index in [9.17, 15) is 4.79 Å². The molecule has 6 heteroatoms. The van der Waals surface area contributed by atoms with E-state index in [4.69, 9.17) is 4.42 Å². The van der Waals surface area contributed by atoms with Crippen LogP contribution < -0.4 is 5.56 Å². The zero-order valence-electron chi connectivity index (χ0n) is 13.9. The summed E-state index contributed by atoms with van der Waals surface area (Å²) < 4.78 is 7.12. The molecule has 6 nitrogen and oxygen atoms in total. The van der Waals surface area contributed by atoms with Gasteiger partial charge in [-0.25, -0.2) is 4.98 Å². The van der Waals surface area contributed by atoms with Gasteiger partial charge in [-0.3, -0.25) is 9.89 Å². The van der Waals surface area contributed by atoms with Crippen molar-refractivity contribution in [1.82, 2.24) is 19.6 Å². The normalized spacial score (nSPS) is 11.4. The molecule has 0 aliphatic rings. The molecule has 0 atom stereocenters. The van der Waals surface area contributed by atoms with E-state index in [2.05, 4.69) is 15.1 Å². The molecule has 0 saturated carbocycles. The Morgan fingerprint density at radius 2 is 1.73 bits per heavy atom. The minimum Gasteiger partial charge on any atom is -0.417 e. The SMILES string of the molecule is Cc1ccc(-c2cc3nc4oc(-c5ccccc5)nc4c(=O)n3[nH]2)cc1. The number of fused-ring (bicyclic) bond motifs is 2. The molecule has 0 aliphatic heterocycles. The molecular weight excluding hydrogens is 328 g/mol. The van der Waals surface area contributed by atoms with E-state index in [0.29, 0.717) is 11.5 Å². The molecule has 0 unspecified atom stereocenters. The molecule has 126 valence electrons. The summed E-state index contributed by atoms with van der Waals surface area (Å²) in [5.41, 5.74) is 4.43. The highest BCUT2D eigenvalue weighted by molar-refractivity contribution is 5.75. The van der Waals surface area contributed by atoms with Crippen molar-refractivity contribution in [3.63, 3.8) is 0 Å². The van der Waals surface area contributed by atoms with Crippen molar-refractivity contribution >= 4 is 16.9 Å². The molecule has 5 aromatic rings. The summed E-state index contributed by atoms with van der Waals surface area (Å²) in [4.78, 5) is 21.6. The van der Waals surface area contributed by atoms with Crippen LogP contribution in [0, 0.1) is 6.92 Å². The van der Waals surface area contributed by atoms with Crippen molar-refractivity contribution < 1.29 is 4.42 Å². The molecule has 0 amide bonds.